The van der Waals surface area contributed by atoms with Crippen LogP contribution in [0.15, 0.2) is 30.0 Å². The summed E-state index contributed by atoms with van der Waals surface area (Å²) in [6.45, 7) is 4.51. The minimum absolute atomic E-state index is 0.151. The first-order valence-corrected chi connectivity index (χ1v) is 8.39. The van der Waals surface area contributed by atoms with Crippen LogP contribution >= 0.6 is 0 Å². The van der Waals surface area contributed by atoms with Crippen LogP contribution in [0.2, 0.25) is 0 Å². The van der Waals surface area contributed by atoms with Crippen LogP contribution in [0.1, 0.15) is 49.2 Å². The highest BCUT2D eigenvalue weighted by atomic mass is 19.3. The number of rotatable bonds is 2. The average Bonchev–Trinajstić information content (AvgIpc) is 3.00. The number of nitriles is 1. The van der Waals surface area contributed by atoms with Gasteiger partial charge in [-0.05, 0) is 25.0 Å². The number of ketones is 1. The van der Waals surface area contributed by atoms with Crippen molar-refractivity contribution in [2.75, 3.05) is 13.1 Å². The van der Waals surface area contributed by atoms with E-state index in [2.05, 4.69) is 4.98 Å². The molecule has 0 radical (unpaired) electrons. The summed E-state index contributed by atoms with van der Waals surface area (Å²) in [7, 11) is 0. The van der Waals surface area contributed by atoms with Crippen molar-refractivity contribution in [2.24, 2.45) is 10.8 Å². The van der Waals surface area contributed by atoms with Gasteiger partial charge in [-0.25, -0.2) is 8.78 Å². The van der Waals surface area contributed by atoms with Crippen molar-refractivity contribution < 1.29 is 18.4 Å². The molecule has 1 aliphatic carbocycles. The number of Topliss-reactive ketones (excluding diaryl/α,β-unsaturated/α-hetero) is 1. The van der Waals surface area contributed by atoms with E-state index in [4.69, 9.17) is 0 Å². The number of halogens is 2. The van der Waals surface area contributed by atoms with Crippen molar-refractivity contribution in [3.8, 4) is 6.07 Å². The molecular formula is C19H19F2N3O2. The molecule has 3 rings (SSSR count). The van der Waals surface area contributed by atoms with Gasteiger partial charge in [0, 0.05) is 30.1 Å². The summed E-state index contributed by atoms with van der Waals surface area (Å²) < 4.78 is 25.2. The number of carbonyl (C=O) groups is 2. The van der Waals surface area contributed by atoms with Crippen molar-refractivity contribution >= 4 is 11.7 Å². The largest absolute Gasteiger partial charge is 0.338 e. The van der Waals surface area contributed by atoms with Gasteiger partial charge in [0.15, 0.2) is 5.78 Å². The Hall–Kier alpha value is -2.62. The van der Waals surface area contributed by atoms with Gasteiger partial charge in [0.25, 0.3) is 12.3 Å². The van der Waals surface area contributed by atoms with Crippen LogP contribution in [0.25, 0.3) is 0 Å². The predicted octanol–water partition coefficient (Wildman–Crippen LogP) is 3.30. The lowest BCUT2D eigenvalue weighted by molar-refractivity contribution is -0.125. The van der Waals surface area contributed by atoms with E-state index in [0.717, 1.165) is 6.07 Å². The number of alkyl halides is 2. The number of amides is 1. The quantitative estimate of drug-likeness (QED) is 0.812. The highest BCUT2D eigenvalue weighted by Gasteiger charge is 2.48. The van der Waals surface area contributed by atoms with Crippen molar-refractivity contribution in [1.82, 2.24) is 9.88 Å². The fourth-order valence-corrected chi connectivity index (χ4v) is 4.01. The third-order valence-electron chi connectivity index (χ3n) is 5.15. The zero-order valence-electron chi connectivity index (χ0n) is 14.6. The predicted molar refractivity (Wildman–Crippen MR) is 89.2 cm³/mol. The minimum Gasteiger partial charge on any atom is -0.338 e. The number of aromatic nitrogens is 1. The zero-order chi connectivity index (χ0) is 19.1. The minimum atomic E-state index is -2.68. The first-order valence-electron chi connectivity index (χ1n) is 8.39. The van der Waals surface area contributed by atoms with Gasteiger partial charge >= 0.3 is 0 Å². The van der Waals surface area contributed by atoms with E-state index in [1.54, 1.807) is 11.0 Å². The molecule has 1 atom stereocenters. The molecule has 1 fully saturated rings. The molecule has 1 spiro atoms. The van der Waals surface area contributed by atoms with Crippen LogP contribution in [0, 0.1) is 22.2 Å². The summed E-state index contributed by atoms with van der Waals surface area (Å²) in [5.41, 5.74) is -1.03. The second-order valence-electron chi connectivity index (χ2n) is 7.67. The van der Waals surface area contributed by atoms with E-state index in [1.807, 2.05) is 19.9 Å². The molecule has 5 nitrogen and oxygen atoms in total. The Labute approximate surface area is 150 Å². The number of nitrogens with zero attached hydrogens (tertiary/aromatic N) is 3. The summed E-state index contributed by atoms with van der Waals surface area (Å²) in [6.07, 6.45) is 1.43. The highest BCUT2D eigenvalue weighted by molar-refractivity contribution is 6.03. The molecular weight excluding hydrogens is 340 g/mol. The molecule has 0 aromatic carbocycles. The van der Waals surface area contributed by atoms with Gasteiger partial charge in [0.1, 0.15) is 11.8 Å². The standard InChI is InChI=1S/C19H19F2N3O2/c1-18(2)10-19(7-13(8-22)15(18)25)5-6-24(11-19)17(26)12-3-4-14(16(20)21)23-9-12/h3-4,7,9,16H,5-6,10-11H2,1-2H3/t19-/m1/s1. The van der Waals surface area contributed by atoms with E-state index in [9.17, 15) is 23.6 Å². The number of allylic oxidation sites excluding steroid dienone is 1. The molecule has 1 aromatic rings. The molecule has 0 unspecified atom stereocenters. The Morgan fingerprint density at radius 2 is 2.12 bits per heavy atom. The zero-order valence-corrected chi connectivity index (χ0v) is 14.6. The van der Waals surface area contributed by atoms with Crippen molar-refractivity contribution in [1.29, 1.82) is 5.26 Å². The van der Waals surface area contributed by atoms with Crippen LogP contribution < -0.4 is 0 Å². The van der Waals surface area contributed by atoms with E-state index >= 15 is 0 Å². The average molecular weight is 359 g/mol. The lowest BCUT2D eigenvalue weighted by Gasteiger charge is -2.38. The summed E-state index contributed by atoms with van der Waals surface area (Å²) in [6, 6.07) is 4.49. The van der Waals surface area contributed by atoms with Gasteiger partial charge in [-0.3, -0.25) is 14.6 Å². The highest BCUT2D eigenvalue weighted by Crippen LogP contribution is 2.48. The van der Waals surface area contributed by atoms with E-state index < -0.39 is 17.3 Å². The van der Waals surface area contributed by atoms with Gasteiger partial charge < -0.3 is 4.90 Å². The Kier molecular flexibility index (Phi) is 4.39. The second kappa shape index (κ2) is 6.27. The smallest absolute Gasteiger partial charge is 0.280 e. The van der Waals surface area contributed by atoms with Crippen molar-refractivity contribution in [3.63, 3.8) is 0 Å². The van der Waals surface area contributed by atoms with Gasteiger partial charge in [-0.2, -0.15) is 5.26 Å². The normalized spacial score (nSPS) is 24.7. The van der Waals surface area contributed by atoms with Crippen molar-refractivity contribution in [3.05, 3.63) is 41.2 Å². The number of carbonyl (C=O) groups excluding carboxylic acids is 2. The summed E-state index contributed by atoms with van der Waals surface area (Å²) in [4.78, 5) is 30.2. The molecule has 0 N–H and O–H groups in total. The fraction of sp³-hybridized carbons (Fsp3) is 0.474. The van der Waals surface area contributed by atoms with Crippen LogP contribution in [0.5, 0.6) is 0 Å². The molecule has 1 aromatic heterocycles. The van der Waals surface area contributed by atoms with Crippen molar-refractivity contribution in [2.45, 2.75) is 33.1 Å². The lowest BCUT2D eigenvalue weighted by atomic mass is 9.64. The third-order valence-corrected chi connectivity index (χ3v) is 5.15. The van der Waals surface area contributed by atoms with Crippen LogP contribution in [0.4, 0.5) is 8.78 Å². The number of hydrogen-bond acceptors (Lipinski definition) is 4. The van der Waals surface area contributed by atoms with Crippen LogP contribution in [-0.2, 0) is 4.79 Å². The molecule has 0 bridgehead atoms. The lowest BCUT2D eigenvalue weighted by Crippen LogP contribution is -2.40. The molecule has 1 aliphatic heterocycles. The summed E-state index contributed by atoms with van der Waals surface area (Å²) >= 11 is 0. The molecule has 2 aliphatic rings. The maximum atomic E-state index is 12.7. The molecule has 0 saturated carbocycles. The van der Waals surface area contributed by atoms with Gasteiger partial charge in [0.05, 0.1) is 11.1 Å². The first-order chi connectivity index (χ1) is 12.2. The maximum absolute atomic E-state index is 12.7. The Morgan fingerprint density at radius 3 is 2.69 bits per heavy atom. The Bertz CT molecular complexity index is 824. The first kappa shape index (κ1) is 18.2. The maximum Gasteiger partial charge on any atom is 0.280 e. The SMILES string of the molecule is CC1(C)C[C@]2(C=C(C#N)C1=O)CCN(C(=O)c1ccc(C(F)F)nc1)C2. The number of hydrogen-bond donors (Lipinski definition) is 0. The fourth-order valence-electron chi connectivity index (χ4n) is 4.01. The molecule has 1 saturated heterocycles. The Morgan fingerprint density at radius 1 is 1.38 bits per heavy atom. The number of pyridine rings is 1. The molecule has 1 amide bonds. The third kappa shape index (κ3) is 3.12. The summed E-state index contributed by atoms with van der Waals surface area (Å²) in [5.74, 6) is -0.445. The molecule has 2 heterocycles. The van der Waals surface area contributed by atoms with Gasteiger partial charge in [-0.15, -0.1) is 0 Å². The monoisotopic (exact) mass is 359 g/mol. The topological polar surface area (TPSA) is 74.1 Å². The van der Waals surface area contributed by atoms with E-state index in [1.165, 1.54) is 12.3 Å². The summed E-state index contributed by atoms with van der Waals surface area (Å²) in [5, 5.41) is 9.27. The van der Waals surface area contributed by atoms with Gasteiger partial charge in [-0.1, -0.05) is 19.9 Å². The van der Waals surface area contributed by atoms with Crippen LogP contribution in [0.3, 0.4) is 0 Å². The molecule has 136 valence electrons. The van der Waals surface area contributed by atoms with E-state index in [-0.39, 0.29) is 28.5 Å². The molecule has 7 heteroatoms. The van der Waals surface area contributed by atoms with Crippen LogP contribution in [-0.4, -0.2) is 34.7 Å². The van der Waals surface area contributed by atoms with E-state index in [0.29, 0.717) is 25.9 Å². The second-order valence-corrected chi connectivity index (χ2v) is 7.67. The Balaban J connectivity index is 1.82. The number of likely N-dealkylation sites (tertiary alicyclic amines) is 1. The van der Waals surface area contributed by atoms with Gasteiger partial charge in [0.2, 0.25) is 0 Å². The molecule has 26 heavy (non-hydrogen) atoms.